The van der Waals surface area contributed by atoms with Gasteiger partial charge in [-0.3, -0.25) is 0 Å². The molecule has 5 aromatic rings. The normalized spacial score (nSPS) is 11.4. The highest BCUT2D eigenvalue weighted by molar-refractivity contribution is 5.84. The quantitative estimate of drug-likeness (QED) is 0.237. The molecular formula is C28H34N6O4. The van der Waals surface area contributed by atoms with Gasteiger partial charge >= 0.3 is 0 Å². The van der Waals surface area contributed by atoms with E-state index >= 15 is 0 Å². The van der Waals surface area contributed by atoms with E-state index in [-0.39, 0.29) is 23.6 Å². The molecular weight excluding hydrogens is 484 g/mol. The number of phenolic OH excluding ortho intramolecular Hbond substituents is 1. The Morgan fingerprint density at radius 3 is 1.82 bits per heavy atom. The summed E-state index contributed by atoms with van der Waals surface area (Å²) in [5.41, 5.74) is 18.2. The Morgan fingerprint density at radius 1 is 0.763 bits per heavy atom. The number of ether oxygens (including phenoxy) is 1. The summed E-state index contributed by atoms with van der Waals surface area (Å²) in [6.07, 6.45) is 1.47. The minimum absolute atomic E-state index is 0.108. The fraction of sp³-hybridized carbons (Fsp3) is 0.357. The number of hydrogen-bond acceptors (Lipinski definition) is 10. The topological polar surface area (TPSA) is 159 Å². The molecule has 0 spiro atoms. The van der Waals surface area contributed by atoms with Gasteiger partial charge in [0.15, 0.2) is 34.5 Å². The molecule has 200 valence electrons. The summed E-state index contributed by atoms with van der Waals surface area (Å²) in [4.78, 5) is 16.6. The highest BCUT2D eigenvalue weighted by Gasteiger charge is 2.21. The van der Waals surface area contributed by atoms with E-state index in [1.165, 1.54) is 6.20 Å². The predicted octanol–water partition coefficient (Wildman–Crippen LogP) is 6.59. The van der Waals surface area contributed by atoms with E-state index in [2.05, 4.69) is 33.8 Å². The molecule has 0 aliphatic rings. The minimum atomic E-state index is 0.108. The van der Waals surface area contributed by atoms with Crippen LogP contribution in [0, 0.1) is 27.7 Å². The molecule has 3 aromatic heterocycles. The number of benzene rings is 2. The van der Waals surface area contributed by atoms with Crippen LogP contribution in [-0.2, 0) is 0 Å². The van der Waals surface area contributed by atoms with Crippen LogP contribution < -0.4 is 16.2 Å². The van der Waals surface area contributed by atoms with E-state index in [1.54, 1.807) is 6.07 Å². The number of aromatic hydroxyl groups is 1. The fourth-order valence-electron chi connectivity index (χ4n) is 4.46. The van der Waals surface area contributed by atoms with Crippen molar-refractivity contribution in [3.05, 3.63) is 52.4 Å². The van der Waals surface area contributed by atoms with Crippen molar-refractivity contribution in [2.75, 3.05) is 11.5 Å². The molecule has 5 N–H and O–H groups in total. The lowest BCUT2D eigenvalue weighted by molar-refractivity contribution is 0.462. The summed E-state index contributed by atoms with van der Waals surface area (Å²) in [5, 5.41) is 9.88. The Bertz CT molecular complexity index is 1630. The molecule has 0 aliphatic heterocycles. The average molecular weight is 519 g/mol. The Kier molecular flexibility index (Phi) is 7.17. The first-order valence-corrected chi connectivity index (χ1v) is 12.4. The van der Waals surface area contributed by atoms with E-state index in [0.29, 0.717) is 29.0 Å². The van der Waals surface area contributed by atoms with Gasteiger partial charge in [-0.05, 0) is 48.9 Å². The number of hydrogen-bond donors (Lipinski definition) is 3. The maximum absolute atomic E-state index is 9.88. The number of aryl methyl sites for hydroxylation is 4. The summed E-state index contributed by atoms with van der Waals surface area (Å²) >= 11 is 0. The first kappa shape index (κ1) is 26.7. The summed E-state index contributed by atoms with van der Waals surface area (Å²) < 4.78 is 17.3. The van der Waals surface area contributed by atoms with E-state index in [4.69, 9.17) is 25.0 Å². The summed E-state index contributed by atoms with van der Waals surface area (Å²) in [6, 6.07) is 3.68. The van der Waals surface area contributed by atoms with Gasteiger partial charge in [-0.1, -0.05) is 27.7 Å². The Labute approximate surface area is 221 Å². The molecule has 0 amide bonds. The standard InChI is InChI=1S/C16H19N5O2.C12H15NO2/c1-7(2)12-10(23-11-6-19-16(18)21-15(11)17)5-8(3)13-14(12)22-9(4)20-13;1-6(2)10-9(14)5-7(3)11-12(10)15-8(4)13-11/h5-7H,1-4H3,(H4,17,18,19,21);5-6,14H,1-4H3. The molecule has 3 heterocycles. The molecule has 0 atom stereocenters. The van der Waals surface area contributed by atoms with Crippen LogP contribution in [0.4, 0.5) is 11.8 Å². The molecule has 2 aromatic carbocycles. The number of nitrogen functional groups attached to an aromatic ring is 2. The van der Waals surface area contributed by atoms with Crippen LogP contribution in [-0.4, -0.2) is 25.0 Å². The second-order valence-corrected chi connectivity index (χ2v) is 9.94. The van der Waals surface area contributed by atoms with Crippen LogP contribution in [0.3, 0.4) is 0 Å². The highest BCUT2D eigenvalue weighted by atomic mass is 16.5. The van der Waals surface area contributed by atoms with Crippen molar-refractivity contribution in [3.8, 4) is 17.2 Å². The van der Waals surface area contributed by atoms with Crippen LogP contribution in [0.2, 0.25) is 0 Å². The smallest absolute Gasteiger partial charge is 0.222 e. The number of anilines is 2. The zero-order valence-electron chi connectivity index (χ0n) is 23.0. The van der Waals surface area contributed by atoms with Crippen molar-refractivity contribution in [3.63, 3.8) is 0 Å². The molecule has 0 saturated carbocycles. The lowest BCUT2D eigenvalue weighted by Crippen LogP contribution is -2.03. The highest BCUT2D eigenvalue weighted by Crippen LogP contribution is 2.39. The summed E-state index contributed by atoms with van der Waals surface area (Å²) in [5.74, 6) is 3.27. The lowest BCUT2D eigenvalue weighted by Gasteiger charge is -2.15. The third-order valence-electron chi connectivity index (χ3n) is 6.12. The van der Waals surface area contributed by atoms with Gasteiger partial charge in [0.1, 0.15) is 22.5 Å². The Morgan fingerprint density at radius 2 is 1.29 bits per heavy atom. The van der Waals surface area contributed by atoms with Crippen LogP contribution in [0.15, 0.2) is 27.2 Å². The van der Waals surface area contributed by atoms with Gasteiger partial charge in [0.2, 0.25) is 5.95 Å². The third-order valence-corrected chi connectivity index (χ3v) is 6.12. The maximum atomic E-state index is 9.88. The summed E-state index contributed by atoms with van der Waals surface area (Å²) in [6.45, 7) is 15.7. The Balaban J connectivity index is 0.000000194. The number of nitrogens with zero attached hydrogens (tertiary/aromatic N) is 4. The Hall–Kier alpha value is -4.34. The first-order valence-electron chi connectivity index (χ1n) is 12.4. The molecule has 0 bridgehead atoms. The SMILES string of the molecule is Cc1nc2c(C)cc(O)c(C(C)C)c2o1.Cc1nc2c(C)cc(Oc3cnc(N)nc3N)c(C(C)C)c2o1. The van der Waals surface area contributed by atoms with E-state index < -0.39 is 0 Å². The second kappa shape index (κ2) is 10.2. The van der Waals surface area contributed by atoms with Crippen LogP contribution >= 0.6 is 0 Å². The number of fused-ring (bicyclic) bond motifs is 2. The second-order valence-electron chi connectivity index (χ2n) is 9.94. The first-order chi connectivity index (χ1) is 17.9. The van der Waals surface area contributed by atoms with Crippen LogP contribution in [0.1, 0.15) is 73.6 Å². The van der Waals surface area contributed by atoms with E-state index in [9.17, 15) is 5.11 Å². The molecule has 0 fully saturated rings. The predicted molar refractivity (Wildman–Crippen MR) is 148 cm³/mol. The van der Waals surface area contributed by atoms with Gasteiger partial charge in [-0.2, -0.15) is 4.98 Å². The molecule has 5 rings (SSSR count). The maximum Gasteiger partial charge on any atom is 0.222 e. The molecule has 0 saturated heterocycles. The van der Waals surface area contributed by atoms with Crippen molar-refractivity contribution in [2.24, 2.45) is 0 Å². The average Bonchev–Trinajstić information content (AvgIpc) is 3.38. The largest absolute Gasteiger partial charge is 0.508 e. The van der Waals surface area contributed by atoms with Gasteiger partial charge in [-0.15, -0.1) is 0 Å². The molecule has 0 aliphatic carbocycles. The molecule has 10 nitrogen and oxygen atoms in total. The molecule has 38 heavy (non-hydrogen) atoms. The van der Waals surface area contributed by atoms with Crippen molar-refractivity contribution in [2.45, 2.75) is 67.2 Å². The third kappa shape index (κ3) is 5.06. The molecule has 0 radical (unpaired) electrons. The van der Waals surface area contributed by atoms with Crippen molar-refractivity contribution < 1.29 is 18.7 Å². The number of phenols is 1. The van der Waals surface area contributed by atoms with E-state index in [0.717, 1.165) is 44.5 Å². The van der Waals surface area contributed by atoms with Crippen molar-refractivity contribution in [1.29, 1.82) is 0 Å². The van der Waals surface area contributed by atoms with Crippen LogP contribution in [0.5, 0.6) is 17.2 Å². The van der Waals surface area contributed by atoms with Gasteiger partial charge in [0, 0.05) is 25.0 Å². The van der Waals surface area contributed by atoms with Crippen molar-refractivity contribution in [1.82, 2.24) is 19.9 Å². The molecule has 10 heteroatoms. The fourth-order valence-corrected chi connectivity index (χ4v) is 4.46. The monoisotopic (exact) mass is 518 g/mol. The summed E-state index contributed by atoms with van der Waals surface area (Å²) in [7, 11) is 0. The lowest BCUT2D eigenvalue weighted by atomic mass is 9.99. The van der Waals surface area contributed by atoms with E-state index in [1.807, 2.05) is 47.6 Å². The zero-order chi connectivity index (χ0) is 27.9. The molecule has 0 unspecified atom stereocenters. The van der Waals surface area contributed by atoms with Gasteiger partial charge in [-0.25, -0.2) is 15.0 Å². The number of aromatic nitrogens is 4. The van der Waals surface area contributed by atoms with Crippen LogP contribution in [0.25, 0.3) is 22.2 Å². The number of nitrogens with two attached hydrogens (primary N) is 2. The number of rotatable bonds is 4. The zero-order valence-corrected chi connectivity index (χ0v) is 23.0. The minimum Gasteiger partial charge on any atom is -0.508 e. The van der Waals surface area contributed by atoms with Gasteiger partial charge < -0.3 is 30.1 Å². The van der Waals surface area contributed by atoms with Gasteiger partial charge in [0.05, 0.1) is 6.20 Å². The van der Waals surface area contributed by atoms with Gasteiger partial charge in [0.25, 0.3) is 0 Å². The van der Waals surface area contributed by atoms with Crippen molar-refractivity contribution >= 4 is 34.0 Å². The number of oxazole rings is 2.